The van der Waals surface area contributed by atoms with E-state index in [1.165, 1.54) is 28.4 Å². The third-order valence-electron chi connectivity index (χ3n) is 3.45. The zero-order chi connectivity index (χ0) is 15.2. The molecule has 0 radical (unpaired) electrons. The average molecular weight is 312 g/mol. The fraction of sp³-hybridized carbons (Fsp3) is 0.214. The van der Waals surface area contributed by atoms with E-state index in [-0.39, 0.29) is 11.9 Å². The molecule has 21 heavy (non-hydrogen) atoms. The predicted molar refractivity (Wildman–Crippen MR) is 74.0 cm³/mol. The Labute approximate surface area is 122 Å². The molecule has 0 unspecified atom stereocenters. The van der Waals surface area contributed by atoms with Crippen LogP contribution in [-0.2, 0) is 11.0 Å². The van der Waals surface area contributed by atoms with E-state index in [2.05, 4.69) is 0 Å². The fourth-order valence-electron chi connectivity index (χ4n) is 2.37. The van der Waals surface area contributed by atoms with Crippen molar-refractivity contribution in [2.24, 2.45) is 5.73 Å². The molecule has 1 amide bonds. The van der Waals surface area contributed by atoms with Crippen molar-refractivity contribution in [2.75, 3.05) is 4.90 Å². The highest BCUT2D eigenvalue weighted by molar-refractivity contribution is 7.10. The number of carbonyl (C=O) groups is 1. The number of β-lactam (4-membered cyclic amide) rings is 1. The molecule has 1 aromatic carbocycles. The highest BCUT2D eigenvalue weighted by Gasteiger charge is 2.47. The van der Waals surface area contributed by atoms with Crippen LogP contribution in [0, 0.1) is 0 Å². The van der Waals surface area contributed by atoms with Gasteiger partial charge in [-0.2, -0.15) is 13.2 Å². The van der Waals surface area contributed by atoms with Crippen molar-refractivity contribution in [1.82, 2.24) is 0 Å². The standard InChI is InChI=1S/C14H11F3N2OS/c15-14(16,17)8-3-5-9(6-4-8)19-12(11(18)13(19)20)10-2-1-7-21-10/h1-7,11-12H,18H2/t11-,12-/m1/s1. The summed E-state index contributed by atoms with van der Waals surface area (Å²) >= 11 is 1.46. The molecular weight excluding hydrogens is 301 g/mol. The SMILES string of the molecule is N[C@H]1C(=O)N(c2ccc(C(F)(F)F)cc2)[C@@H]1c1cccs1. The van der Waals surface area contributed by atoms with E-state index in [1.54, 1.807) is 0 Å². The van der Waals surface area contributed by atoms with Crippen molar-refractivity contribution in [3.05, 3.63) is 52.2 Å². The van der Waals surface area contributed by atoms with Gasteiger partial charge < -0.3 is 10.6 Å². The van der Waals surface area contributed by atoms with Crippen LogP contribution in [0.2, 0.25) is 0 Å². The zero-order valence-corrected chi connectivity index (χ0v) is 11.5. The molecule has 3 rings (SSSR count). The molecule has 1 saturated heterocycles. The van der Waals surface area contributed by atoms with Gasteiger partial charge in [0.15, 0.2) is 0 Å². The second kappa shape index (κ2) is 4.85. The van der Waals surface area contributed by atoms with E-state index in [4.69, 9.17) is 5.73 Å². The molecule has 0 spiro atoms. The Bertz CT molecular complexity index is 652. The summed E-state index contributed by atoms with van der Waals surface area (Å²) < 4.78 is 37.7. The molecule has 0 saturated carbocycles. The van der Waals surface area contributed by atoms with Gasteiger partial charge in [0.1, 0.15) is 6.04 Å². The van der Waals surface area contributed by atoms with Crippen LogP contribution in [0.3, 0.4) is 0 Å². The Morgan fingerprint density at radius 1 is 1.14 bits per heavy atom. The van der Waals surface area contributed by atoms with Gasteiger partial charge in [-0.15, -0.1) is 11.3 Å². The maximum atomic E-state index is 12.6. The first-order chi connectivity index (χ1) is 9.89. The fourth-order valence-corrected chi connectivity index (χ4v) is 3.24. The number of hydrogen-bond donors (Lipinski definition) is 1. The van der Waals surface area contributed by atoms with Gasteiger partial charge in [0.25, 0.3) is 0 Å². The number of nitrogens with two attached hydrogens (primary N) is 1. The first-order valence-corrected chi connectivity index (χ1v) is 7.07. The lowest BCUT2D eigenvalue weighted by atomic mass is 9.93. The van der Waals surface area contributed by atoms with Crippen LogP contribution in [0.4, 0.5) is 18.9 Å². The molecule has 1 aromatic heterocycles. The molecule has 3 nitrogen and oxygen atoms in total. The Balaban J connectivity index is 1.90. The number of halogens is 3. The molecule has 2 aromatic rings. The Morgan fingerprint density at radius 3 is 2.33 bits per heavy atom. The number of rotatable bonds is 2. The zero-order valence-electron chi connectivity index (χ0n) is 10.7. The first kappa shape index (κ1) is 14.1. The van der Waals surface area contributed by atoms with Crippen LogP contribution in [0.15, 0.2) is 41.8 Å². The monoisotopic (exact) mass is 312 g/mol. The Kier molecular flexibility index (Phi) is 3.26. The molecule has 2 atom stereocenters. The van der Waals surface area contributed by atoms with Crippen LogP contribution in [-0.4, -0.2) is 11.9 Å². The summed E-state index contributed by atoms with van der Waals surface area (Å²) in [5.74, 6) is -0.284. The maximum Gasteiger partial charge on any atom is 0.416 e. The lowest BCUT2D eigenvalue weighted by Gasteiger charge is -2.44. The van der Waals surface area contributed by atoms with E-state index in [0.717, 1.165) is 17.0 Å². The Hall–Kier alpha value is -1.86. The number of thiophene rings is 1. The lowest BCUT2D eigenvalue weighted by Crippen LogP contribution is -2.63. The third kappa shape index (κ3) is 2.32. The second-order valence-electron chi connectivity index (χ2n) is 4.74. The number of carbonyl (C=O) groups excluding carboxylic acids is 1. The first-order valence-electron chi connectivity index (χ1n) is 6.19. The summed E-state index contributed by atoms with van der Waals surface area (Å²) in [6, 6.07) is 7.29. The summed E-state index contributed by atoms with van der Waals surface area (Å²) in [4.78, 5) is 14.3. The van der Waals surface area contributed by atoms with Gasteiger partial charge in [-0.3, -0.25) is 4.79 Å². The summed E-state index contributed by atoms with van der Waals surface area (Å²) in [7, 11) is 0. The van der Waals surface area contributed by atoms with Gasteiger partial charge in [-0.25, -0.2) is 0 Å². The summed E-state index contributed by atoms with van der Waals surface area (Å²) in [5, 5.41) is 1.87. The molecule has 0 bridgehead atoms. The van der Waals surface area contributed by atoms with Crippen molar-refractivity contribution in [3.63, 3.8) is 0 Å². The van der Waals surface area contributed by atoms with Gasteiger partial charge in [0.05, 0.1) is 11.6 Å². The van der Waals surface area contributed by atoms with Crippen molar-refractivity contribution < 1.29 is 18.0 Å². The minimum Gasteiger partial charge on any atom is -0.318 e. The number of anilines is 1. The summed E-state index contributed by atoms with van der Waals surface area (Å²) in [5.41, 5.74) is 5.50. The van der Waals surface area contributed by atoms with Gasteiger partial charge in [-0.1, -0.05) is 6.07 Å². The molecular formula is C14H11F3N2OS. The van der Waals surface area contributed by atoms with Crippen LogP contribution in [0.1, 0.15) is 16.5 Å². The molecule has 1 fully saturated rings. The number of benzene rings is 1. The quantitative estimate of drug-likeness (QED) is 0.866. The summed E-state index contributed by atoms with van der Waals surface area (Å²) in [6.45, 7) is 0. The van der Waals surface area contributed by atoms with E-state index >= 15 is 0 Å². The van der Waals surface area contributed by atoms with E-state index < -0.39 is 17.8 Å². The second-order valence-corrected chi connectivity index (χ2v) is 5.72. The van der Waals surface area contributed by atoms with Crippen LogP contribution >= 0.6 is 11.3 Å². The molecule has 2 N–H and O–H groups in total. The predicted octanol–water partition coefficient (Wildman–Crippen LogP) is 3.18. The lowest BCUT2D eigenvalue weighted by molar-refractivity contribution is -0.137. The van der Waals surface area contributed by atoms with Crippen molar-refractivity contribution in [2.45, 2.75) is 18.3 Å². The number of amides is 1. The third-order valence-corrected chi connectivity index (χ3v) is 4.39. The van der Waals surface area contributed by atoms with Crippen molar-refractivity contribution in [1.29, 1.82) is 0 Å². The molecule has 2 heterocycles. The molecule has 0 aliphatic carbocycles. The Morgan fingerprint density at radius 2 is 1.81 bits per heavy atom. The van der Waals surface area contributed by atoms with Gasteiger partial charge in [0.2, 0.25) is 5.91 Å². The van der Waals surface area contributed by atoms with Crippen LogP contribution in [0.5, 0.6) is 0 Å². The van der Waals surface area contributed by atoms with Crippen molar-refractivity contribution >= 4 is 22.9 Å². The molecule has 1 aliphatic heterocycles. The number of nitrogens with zero attached hydrogens (tertiary/aromatic N) is 1. The number of hydrogen-bond acceptors (Lipinski definition) is 3. The van der Waals surface area contributed by atoms with Crippen LogP contribution < -0.4 is 10.6 Å². The molecule has 110 valence electrons. The highest BCUT2D eigenvalue weighted by Crippen LogP contribution is 2.40. The van der Waals surface area contributed by atoms with Crippen molar-refractivity contribution in [3.8, 4) is 0 Å². The van der Waals surface area contributed by atoms with Crippen LogP contribution in [0.25, 0.3) is 0 Å². The molecule has 1 aliphatic rings. The average Bonchev–Trinajstić information content (AvgIpc) is 2.96. The van der Waals surface area contributed by atoms with E-state index in [9.17, 15) is 18.0 Å². The highest BCUT2D eigenvalue weighted by atomic mass is 32.1. The normalized spacial score (nSPS) is 22.3. The van der Waals surface area contributed by atoms with Gasteiger partial charge >= 0.3 is 6.18 Å². The van der Waals surface area contributed by atoms with Gasteiger partial charge in [-0.05, 0) is 35.7 Å². The van der Waals surface area contributed by atoms with E-state index in [0.29, 0.717) is 5.69 Å². The topological polar surface area (TPSA) is 46.3 Å². The minimum atomic E-state index is -4.39. The van der Waals surface area contributed by atoms with Gasteiger partial charge in [0, 0.05) is 10.6 Å². The minimum absolute atomic E-state index is 0.284. The summed E-state index contributed by atoms with van der Waals surface area (Å²) in [6.07, 6.45) is -4.39. The maximum absolute atomic E-state index is 12.6. The smallest absolute Gasteiger partial charge is 0.318 e. The molecule has 7 heteroatoms. The number of alkyl halides is 3. The van der Waals surface area contributed by atoms with E-state index in [1.807, 2.05) is 17.5 Å². The largest absolute Gasteiger partial charge is 0.416 e.